The highest BCUT2D eigenvalue weighted by molar-refractivity contribution is 5.80. The number of amides is 1. The number of nitrogens with one attached hydrogen (secondary N) is 2. The summed E-state index contributed by atoms with van der Waals surface area (Å²) in [6.07, 6.45) is 3.32. The fraction of sp³-hybridized carbons (Fsp3) is 0.409. The molecule has 2 heterocycles. The number of hydrogen-bond donors (Lipinski definition) is 2. The number of aliphatic imine (C=N–C) groups is 1. The maximum absolute atomic E-state index is 11.8. The molecule has 7 heteroatoms. The molecule has 154 valence electrons. The summed E-state index contributed by atoms with van der Waals surface area (Å²) in [5.74, 6) is 0.767. The van der Waals surface area contributed by atoms with Gasteiger partial charge in [0.15, 0.2) is 5.96 Å². The fourth-order valence-corrected chi connectivity index (χ4v) is 3.37. The zero-order chi connectivity index (χ0) is 20.5. The highest BCUT2D eigenvalue weighted by Gasteiger charge is 2.24. The van der Waals surface area contributed by atoms with E-state index in [4.69, 9.17) is 4.74 Å². The van der Waals surface area contributed by atoms with Crippen LogP contribution >= 0.6 is 0 Å². The van der Waals surface area contributed by atoms with Gasteiger partial charge < -0.3 is 20.3 Å². The summed E-state index contributed by atoms with van der Waals surface area (Å²) in [5.41, 5.74) is 3.22. The number of hydrogen-bond acceptors (Lipinski definition) is 4. The number of rotatable bonds is 5. The van der Waals surface area contributed by atoms with Crippen molar-refractivity contribution >= 4 is 12.1 Å². The van der Waals surface area contributed by atoms with Gasteiger partial charge in [-0.3, -0.25) is 9.98 Å². The van der Waals surface area contributed by atoms with Crippen LogP contribution in [-0.2, 0) is 11.3 Å². The normalized spacial score (nSPS) is 15.1. The molecule has 0 saturated carbocycles. The number of likely N-dealkylation sites (tertiary alicyclic amines) is 1. The van der Waals surface area contributed by atoms with E-state index in [1.807, 2.05) is 31.2 Å². The zero-order valence-electron chi connectivity index (χ0n) is 17.1. The first-order valence-electron chi connectivity index (χ1n) is 10.1. The van der Waals surface area contributed by atoms with Crippen LogP contribution in [-0.4, -0.2) is 54.7 Å². The maximum atomic E-state index is 11.8. The quantitative estimate of drug-likeness (QED) is 0.601. The molecule has 1 aliphatic heterocycles. The largest absolute Gasteiger partial charge is 0.450 e. The Bertz CT molecular complexity index is 817. The number of nitrogens with zero attached hydrogens (tertiary/aromatic N) is 3. The Morgan fingerprint density at radius 3 is 2.76 bits per heavy atom. The smallest absolute Gasteiger partial charge is 0.409 e. The minimum absolute atomic E-state index is 0.221. The van der Waals surface area contributed by atoms with Crippen LogP contribution in [0.15, 0.2) is 53.7 Å². The third kappa shape index (κ3) is 5.94. The number of ether oxygens (including phenoxy) is 1. The van der Waals surface area contributed by atoms with Gasteiger partial charge in [0.2, 0.25) is 0 Å². The molecule has 7 nitrogen and oxygen atoms in total. The minimum atomic E-state index is -0.221. The van der Waals surface area contributed by atoms with Crippen LogP contribution in [0.4, 0.5) is 4.79 Å². The maximum Gasteiger partial charge on any atom is 0.409 e. The monoisotopic (exact) mass is 395 g/mol. The third-order valence-electron chi connectivity index (χ3n) is 4.93. The Balaban J connectivity index is 1.50. The second-order valence-electron chi connectivity index (χ2n) is 6.95. The summed E-state index contributed by atoms with van der Waals surface area (Å²) in [5, 5.41) is 6.84. The van der Waals surface area contributed by atoms with Crippen LogP contribution in [0.25, 0.3) is 11.3 Å². The van der Waals surface area contributed by atoms with Gasteiger partial charge in [-0.2, -0.15) is 0 Å². The van der Waals surface area contributed by atoms with Crippen LogP contribution < -0.4 is 10.6 Å². The molecule has 1 aromatic heterocycles. The Morgan fingerprint density at radius 2 is 2.07 bits per heavy atom. The molecule has 1 fully saturated rings. The summed E-state index contributed by atoms with van der Waals surface area (Å²) in [7, 11) is 1.77. The van der Waals surface area contributed by atoms with Crippen LogP contribution in [0, 0.1) is 0 Å². The Kier molecular flexibility index (Phi) is 7.44. The van der Waals surface area contributed by atoms with E-state index in [1.165, 1.54) is 0 Å². The van der Waals surface area contributed by atoms with E-state index in [0.29, 0.717) is 26.2 Å². The predicted octanol–water partition coefficient (Wildman–Crippen LogP) is 3.03. The van der Waals surface area contributed by atoms with Crippen molar-refractivity contribution in [2.45, 2.75) is 32.4 Å². The minimum Gasteiger partial charge on any atom is -0.450 e. The topological polar surface area (TPSA) is 78.8 Å². The number of benzene rings is 1. The van der Waals surface area contributed by atoms with Crippen LogP contribution in [0.2, 0.25) is 0 Å². The van der Waals surface area contributed by atoms with Crippen molar-refractivity contribution in [1.82, 2.24) is 20.5 Å². The van der Waals surface area contributed by atoms with Gasteiger partial charge in [0, 0.05) is 44.5 Å². The lowest BCUT2D eigenvalue weighted by Crippen LogP contribution is -2.49. The molecule has 1 amide bonds. The summed E-state index contributed by atoms with van der Waals surface area (Å²) in [6, 6.07) is 14.5. The van der Waals surface area contributed by atoms with E-state index < -0.39 is 0 Å². The molecule has 0 spiro atoms. The van der Waals surface area contributed by atoms with Crippen molar-refractivity contribution in [3.8, 4) is 11.3 Å². The fourth-order valence-electron chi connectivity index (χ4n) is 3.37. The van der Waals surface area contributed by atoms with Crippen molar-refractivity contribution in [2.24, 2.45) is 4.99 Å². The lowest BCUT2D eigenvalue weighted by atomic mass is 10.1. The molecule has 3 rings (SSSR count). The van der Waals surface area contributed by atoms with Gasteiger partial charge in [-0.25, -0.2) is 4.79 Å². The number of guanidine groups is 1. The van der Waals surface area contributed by atoms with E-state index in [2.05, 4.69) is 38.8 Å². The first kappa shape index (κ1) is 20.6. The van der Waals surface area contributed by atoms with E-state index in [0.717, 1.165) is 35.6 Å². The molecule has 29 heavy (non-hydrogen) atoms. The second kappa shape index (κ2) is 10.5. The van der Waals surface area contributed by atoms with Gasteiger partial charge in [0.25, 0.3) is 0 Å². The lowest BCUT2D eigenvalue weighted by Gasteiger charge is -2.32. The van der Waals surface area contributed by atoms with Crippen molar-refractivity contribution in [3.05, 3.63) is 54.2 Å². The summed E-state index contributed by atoms with van der Waals surface area (Å²) in [6.45, 7) is 4.30. The molecule has 1 aliphatic rings. The number of pyridine rings is 1. The van der Waals surface area contributed by atoms with Crippen LogP contribution in [0.3, 0.4) is 0 Å². The first-order chi connectivity index (χ1) is 14.2. The van der Waals surface area contributed by atoms with Crippen molar-refractivity contribution in [2.75, 3.05) is 26.7 Å². The average molecular weight is 396 g/mol. The number of carbonyl (C=O) groups excluding carboxylic acids is 1. The Labute approximate surface area is 172 Å². The SMILES string of the molecule is CCOC(=O)N1CCC(NC(=NC)NCc2cccc(-c3ccccn3)c2)CC1. The lowest BCUT2D eigenvalue weighted by molar-refractivity contribution is 0.0963. The van der Waals surface area contributed by atoms with Gasteiger partial charge in [-0.15, -0.1) is 0 Å². The molecule has 2 N–H and O–H groups in total. The van der Waals surface area contributed by atoms with Crippen molar-refractivity contribution in [1.29, 1.82) is 0 Å². The molecule has 1 saturated heterocycles. The molecule has 2 aromatic rings. The molecular weight excluding hydrogens is 366 g/mol. The third-order valence-corrected chi connectivity index (χ3v) is 4.93. The highest BCUT2D eigenvalue weighted by Crippen LogP contribution is 2.17. The molecule has 0 aliphatic carbocycles. The molecule has 0 unspecified atom stereocenters. The molecule has 0 bridgehead atoms. The van der Waals surface area contributed by atoms with Gasteiger partial charge in [-0.1, -0.05) is 24.3 Å². The van der Waals surface area contributed by atoms with Gasteiger partial charge in [0.1, 0.15) is 0 Å². The number of aromatic nitrogens is 1. The zero-order valence-corrected chi connectivity index (χ0v) is 17.1. The Hall–Kier alpha value is -3.09. The van der Waals surface area contributed by atoms with Gasteiger partial charge in [0.05, 0.1) is 12.3 Å². The van der Waals surface area contributed by atoms with E-state index in [-0.39, 0.29) is 12.1 Å². The van der Waals surface area contributed by atoms with Gasteiger partial charge in [-0.05, 0) is 43.5 Å². The molecule has 1 aromatic carbocycles. The second-order valence-corrected chi connectivity index (χ2v) is 6.95. The van der Waals surface area contributed by atoms with Crippen molar-refractivity contribution in [3.63, 3.8) is 0 Å². The van der Waals surface area contributed by atoms with E-state index >= 15 is 0 Å². The standard InChI is InChI=1S/C22H29N5O2/c1-3-29-22(28)27-13-10-19(11-14-27)26-21(23-2)25-16-17-7-6-8-18(15-17)20-9-4-5-12-24-20/h4-9,12,15,19H,3,10-11,13-14,16H2,1-2H3,(H2,23,25,26). The summed E-state index contributed by atoms with van der Waals surface area (Å²) >= 11 is 0. The number of carbonyl (C=O) groups is 1. The molecular formula is C22H29N5O2. The summed E-state index contributed by atoms with van der Waals surface area (Å²) < 4.78 is 5.07. The summed E-state index contributed by atoms with van der Waals surface area (Å²) in [4.78, 5) is 22.3. The van der Waals surface area contributed by atoms with Crippen molar-refractivity contribution < 1.29 is 9.53 Å². The van der Waals surface area contributed by atoms with Crippen LogP contribution in [0.1, 0.15) is 25.3 Å². The van der Waals surface area contributed by atoms with E-state index in [9.17, 15) is 4.79 Å². The van der Waals surface area contributed by atoms with Crippen LogP contribution in [0.5, 0.6) is 0 Å². The highest BCUT2D eigenvalue weighted by atomic mass is 16.6. The Morgan fingerprint density at radius 1 is 1.24 bits per heavy atom. The van der Waals surface area contributed by atoms with Gasteiger partial charge >= 0.3 is 6.09 Å². The first-order valence-corrected chi connectivity index (χ1v) is 10.1. The molecule has 0 atom stereocenters. The van der Waals surface area contributed by atoms with E-state index in [1.54, 1.807) is 18.1 Å². The average Bonchev–Trinajstić information content (AvgIpc) is 2.78. The number of piperidine rings is 1. The predicted molar refractivity (Wildman–Crippen MR) is 115 cm³/mol. The molecule has 0 radical (unpaired) electrons.